The minimum atomic E-state index is 0.0403. The second-order valence-corrected chi connectivity index (χ2v) is 16.4. The maximum atomic E-state index is 6.56. The normalized spacial score (nSPS) is 15.0. The number of allylic oxidation sites excluding steroid dienone is 2. The van der Waals surface area contributed by atoms with E-state index < -0.39 is 0 Å². The Morgan fingerprint density at radius 1 is 0.349 bits per heavy atom. The second kappa shape index (κ2) is 15.4. The zero-order chi connectivity index (χ0) is 41.7. The fourth-order valence-electron chi connectivity index (χ4n) is 9.43. The first kappa shape index (κ1) is 36.7. The molecular formula is C60H41NO2. The molecule has 1 aromatic heterocycles. The van der Waals surface area contributed by atoms with Crippen LogP contribution in [0.25, 0.3) is 77.6 Å². The lowest BCUT2D eigenvalue weighted by Gasteiger charge is -2.26. The fraction of sp³-hybridized carbons (Fsp3) is 0.0333. The molecule has 0 amide bonds. The number of nitrogens with zero attached hydrogens (tertiary/aromatic N) is 1. The lowest BCUT2D eigenvalue weighted by atomic mass is 9.90. The molecule has 298 valence electrons. The average Bonchev–Trinajstić information content (AvgIpc) is 3.94. The molecule has 0 N–H and O–H groups in total. The third-order valence-corrected chi connectivity index (χ3v) is 12.6. The highest BCUT2D eigenvalue weighted by atomic mass is 16.5. The van der Waals surface area contributed by atoms with Crippen molar-refractivity contribution in [3.8, 4) is 61.4 Å². The number of hydrogen-bond donors (Lipinski definition) is 0. The molecule has 0 fully saturated rings. The van der Waals surface area contributed by atoms with Crippen LogP contribution in [-0.4, -0.2) is 6.10 Å². The molecule has 1 aliphatic carbocycles. The first-order valence-electron chi connectivity index (χ1n) is 21.6. The molecule has 0 spiro atoms. The molecule has 2 unspecified atom stereocenters. The van der Waals surface area contributed by atoms with Crippen LogP contribution >= 0.6 is 0 Å². The number of anilines is 3. The second-order valence-electron chi connectivity index (χ2n) is 16.4. The first-order valence-corrected chi connectivity index (χ1v) is 21.6. The van der Waals surface area contributed by atoms with Crippen LogP contribution in [-0.2, 0) is 0 Å². The zero-order valence-electron chi connectivity index (χ0n) is 34.4. The minimum absolute atomic E-state index is 0.0403. The van der Waals surface area contributed by atoms with Crippen molar-refractivity contribution in [1.82, 2.24) is 0 Å². The third-order valence-electron chi connectivity index (χ3n) is 12.6. The summed E-state index contributed by atoms with van der Waals surface area (Å²) >= 11 is 0. The van der Waals surface area contributed by atoms with E-state index in [9.17, 15) is 0 Å². The van der Waals surface area contributed by atoms with Crippen molar-refractivity contribution in [3.63, 3.8) is 0 Å². The zero-order valence-corrected chi connectivity index (χ0v) is 34.4. The standard InChI is InChI=1S/C60H41NO2/c1-3-12-40(13-4-1)46-36-47(41-14-5-2-6-15-41)38-48(37-46)43-24-31-50(32-25-43)61(49-29-22-42(23-30-49)45-28-35-59-56(39-45)54-17-8-9-20-57(54)62-59)51-33-26-44(27-34-51)52-18-11-19-55-53-16-7-10-21-58(53)63-60(52)55/h1-39,53,58H. The van der Waals surface area contributed by atoms with Gasteiger partial charge in [0.05, 0.1) is 0 Å². The van der Waals surface area contributed by atoms with E-state index in [0.29, 0.717) is 0 Å². The maximum Gasteiger partial charge on any atom is 0.135 e. The Hall–Kier alpha value is -8.14. The highest BCUT2D eigenvalue weighted by Gasteiger charge is 2.33. The SMILES string of the molecule is C1=CC2Oc3c(-c4ccc(N(c5ccc(-c6cc(-c7ccccc7)cc(-c7ccccc7)c6)cc5)c5ccc(-c6ccc7oc8ccccc8c7c6)cc5)cc4)cccc3C2C=C1. The van der Waals surface area contributed by atoms with Gasteiger partial charge in [-0.1, -0.05) is 158 Å². The quantitative estimate of drug-likeness (QED) is 0.153. The molecule has 0 bridgehead atoms. The lowest BCUT2D eigenvalue weighted by Crippen LogP contribution is -2.15. The molecule has 2 heterocycles. The molecule has 10 aromatic rings. The largest absolute Gasteiger partial charge is 0.484 e. The van der Waals surface area contributed by atoms with Crippen LogP contribution in [0.15, 0.2) is 241 Å². The van der Waals surface area contributed by atoms with Gasteiger partial charge in [0.15, 0.2) is 0 Å². The summed E-state index contributed by atoms with van der Waals surface area (Å²) in [5.41, 5.74) is 17.9. The van der Waals surface area contributed by atoms with Crippen molar-refractivity contribution < 1.29 is 9.15 Å². The monoisotopic (exact) mass is 807 g/mol. The van der Waals surface area contributed by atoms with E-state index in [4.69, 9.17) is 9.15 Å². The van der Waals surface area contributed by atoms with Gasteiger partial charge < -0.3 is 14.1 Å². The molecule has 1 aliphatic heterocycles. The van der Waals surface area contributed by atoms with Crippen molar-refractivity contribution in [2.45, 2.75) is 12.0 Å². The Kier molecular flexibility index (Phi) is 8.97. The molecule has 9 aromatic carbocycles. The summed E-state index contributed by atoms with van der Waals surface area (Å²) in [6.45, 7) is 0. The summed E-state index contributed by atoms with van der Waals surface area (Å²) in [6.07, 6.45) is 8.65. The van der Waals surface area contributed by atoms with Gasteiger partial charge in [0, 0.05) is 44.9 Å². The number of fused-ring (bicyclic) bond motifs is 6. The number of benzene rings is 9. The van der Waals surface area contributed by atoms with Gasteiger partial charge in [-0.25, -0.2) is 0 Å². The fourth-order valence-corrected chi connectivity index (χ4v) is 9.43. The van der Waals surface area contributed by atoms with Gasteiger partial charge in [-0.2, -0.15) is 0 Å². The summed E-state index contributed by atoms with van der Waals surface area (Å²) in [5, 5.41) is 2.26. The molecule has 3 heteroatoms. The lowest BCUT2D eigenvalue weighted by molar-refractivity contribution is 0.270. The molecule has 2 atom stereocenters. The van der Waals surface area contributed by atoms with Gasteiger partial charge in [0.25, 0.3) is 0 Å². The van der Waals surface area contributed by atoms with Crippen molar-refractivity contribution in [2.24, 2.45) is 0 Å². The van der Waals surface area contributed by atoms with Gasteiger partial charge in [0.1, 0.15) is 23.0 Å². The Balaban J connectivity index is 0.927. The molecule has 63 heavy (non-hydrogen) atoms. The van der Waals surface area contributed by atoms with Gasteiger partial charge in [-0.05, 0) is 129 Å². The molecule has 0 saturated carbocycles. The maximum absolute atomic E-state index is 6.56. The van der Waals surface area contributed by atoms with Gasteiger partial charge in [-0.3, -0.25) is 0 Å². The molecule has 0 saturated heterocycles. The number of ether oxygens (including phenoxy) is 1. The summed E-state index contributed by atoms with van der Waals surface area (Å²) in [7, 11) is 0. The number of rotatable bonds is 8. The van der Waals surface area contributed by atoms with Crippen LogP contribution in [0.1, 0.15) is 11.5 Å². The van der Waals surface area contributed by atoms with Gasteiger partial charge in [-0.15, -0.1) is 0 Å². The molecule has 0 radical (unpaired) electrons. The van der Waals surface area contributed by atoms with E-state index in [1.54, 1.807) is 0 Å². The predicted molar refractivity (Wildman–Crippen MR) is 261 cm³/mol. The summed E-state index contributed by atoms with van der Waals surface area (Å²) in [4.78, 5) is 2.34. The third kappa shape index (κ3) is 6.72. The Labute approximate surface area is 367 Å². The number of furan rings is 1. The van der Waals surface area contributed by atoms with E-state index >= 15 is 0 Å². The van der Waals surface area contributed by atoms with E-state index in [0.717, 1.165) is 72.6 Å². The average molecular weight is 808 g/mol. The van der Waals surface area contributed by atoms with Crippen molar-refractivity contribution in [3.05, 3.63) is 242 Å². The highest BCUT2D eigenvalue weighted by Crippen LogP contribution is 2.47. The van der Waals surface area contributed by atoms with E-state index in [2.05, 4.69) is 229 Å². The van der Waals surface area contributed by atoms with Crippen LogP contribution in [0.5, 0.6) is 5.75 Å². The van der Waals surface area contributed by atoms with Gasteiger partial charge in [0.2, 0.25) is 0 Å². The van der Waals surface area contributed by atoms with Crippen molar-refractivity contribution in [2.75, 3.05) is 4.90 Å². The van der Waals surface area contributed by atoms with Crippen LogP contribution in [0, 0.1) is 0 Å². The molecular weight excluding hydrogens is 767 g/mol. The summed E-state index contributed by atoms with van der Waals surface area (Å²) in [6, 6.07) is 76.2. The predicted octanol–water partition coefficient (Wildman–Crippen LogP) is 16.4. The van der Waals surface area contributed by atoms with E-state index in [-0.39, 0.29) is 12.0 Å². The summed E-state index contributed by atoms with van der Waals surface area (Å²) < 4.78 is 12.7. The Morgan fingerprint density at radius 2 is 0.857 bits per heavy atom. The van der Waals surface area contributed by atoms with Crippen LogP contribution in [0.4, 0.5) is 17.1 Å². The molecule has 12 rings (SSSR count). The molecule has 3 nitrogen and oxygen atoms in total. The molecule has 2 aliphatic rings. The summed E-state index contributed by atoms with van der Waals surface area (Å²) in [5.74, 6) is 1.23. The smallest absolute Gasteiger partial charge is 0.135 e. The van der Waals surface area contributed by atoms with E-state index in [1.807, 2.05) is 12.1 Å². The van der Waals surface area contributed by atoms with Gasteiger partial charge >= 0.3 is 0 Å². The highest BCUT2D eigenvalue weighted by molar-refractivity contribution is 6.06. The van der Waals surface area contributed by atoms with E-state index in [1.165, 1.54) is 33.4 Å². The van der Waals surface area contributed by atoms with Crippen molar-refractivity contribution >= 4 is 39.0 Å². The first-order chi connectivity index (χ1) is 31.2. The minimum Gasteiger partial charge on any atom is -0.484 e. The van der Waals surface area contributed by atoms with Crippen LogP contribution < -0.4 is 9.64 Å². The van der Waals surface area contributed by atoms with Crippen LogP contribution in [0.3, 0.4) is 0 Å². The number of para-hydroxylation sites is 2. The topological polar surface area (TPSA) is 25.6 Å². The van der Waals surface area contributed by atoms with Crippen molar-refractivity contribution in [1.29, 1.82) is 0 Å². The Bertz CT molecular complexity index is 3290. The van der Waals surface area contributed by atoms with Crippen LogP contribution in [0.2, 0.25) is 0 Å². The Morgan fingerprint density at radius 3 is 1.49 bits per heavy atom. The number of hydrogen-bond acceptors (Lipinski definition) is 3.